The smallest absolute Gasteiger partial charge is 0.218 e. The zero-order chi connectivity index (χ0) is 12.3. The molecule has 0 radical (unpaired) electrons. The maximum atomic E-state index is 11.0. The first kappa shape index (κ1) is 13.5. The average Bonchev–Trinajstić information content (AvgIpc) is 2.18. The number of ether oxygens (including phenoxy) is 2. The second-order valence-electron chi connectivity index (χ2n) is 5.20. The molecular formula is C12H23NO3. The Morgan fingerprint density at radius 1 is 1.56 bits per heavy atom. The van der Waals surface area contributed by atoms with Crippen molar-refractivity contribution in [3.8, 4) is 0 Å². The molecule has 0 aromatic rings. The van der Waals surface area contributed by atoms with Crippen LogP contribution in [-0.2, 0) is 14.3 Å². The molecule has 94 valence electrons. The molecule has 0 saturated carbocycles. The molecule has 1 amide bonds. The summed E-state index contributed by atoms with van der Waals surface area (Å²) >= 11 is 0. The van der Waals surface area contributed by atoms with Crippen molar-refractivity contribution in [1.82, 2.24) is 5.32 Å². The van der Waals surface area contributed by atoms with Gasteiger partial charge in [0.05, 0.1) is 6.10 Å². The molecule has 0 bridgehead atoms. The molecule has 0 spiro atoms. The number of carbonyl (C=O) groups is 1. The number of hydrogen-bond acceptors (Lipinski definition) is 3. The van der Waals surface area contributed by atoms with E-state index in [4.69, 9.17) is 9.47 Å². The molecule has 1 saturated heterocycles. The normalized spacial score (nSPS) is 30.8. The van der Waals surface area contributed by atoms with Crippen LogP contribution >= 0.6 is 0 Å². The van der Waals surface area contributed by atoms with Gasteiger partial charge < -0.3 is 14.8 Å². The molecule has 3 atom stereocenters. The van der Waals surface area contributed by atoms with Crippen molar-refractivity contribution in [1.29, 1.82) is 0 Å². The van der Waals surface area contributed by atoms with Crippen molar-refractivity contribution in [3.05, 3.63) is 0 Å². The van der Waals surface area contributed by atoms with Crippen LogP contribution in [0.3, 0.4) is 0 Å². The molecular weight excluding hydrogens is 206 g/mol. The Hall–Kier alpha value is -0.610. The molecule has 1 unspecified atom stereocenters. The summed E-state index contributed by atoms with van der Waals surface area (Å²) in [5.74, 6) is -0.0899. The first-order chi connectivity index (χ1) is 7.36. The Bertz CT molecular complexity index is 253. The maximum Gasteiger partial charge on any atom is 0.218 e. The van der Waals surface area contributed by atoms with E-state index in [-0.39, 0.29) is 29.8 Å². The number of carbonyl (C=O) groups excluding carboxylic acids is 1. The molecule has 1 fully saturated rings. The van der Waals surface area contributed by atoms with Gasteiger partial charge in [-0.3, -0.25) is 4.79 Å². The molecule has 1 N–H and O–H groups in total. The summed E-state index contributed by atoms with van der Waals surface area (Å²) in [5, 5.41) is 2.76. The minimum Gasteiger partial charge on any atom is -0.370 e. The van der Waals surface area contributed by atoms with Gasteiger partial charge in [0.25, 0.3) is 0 Å². The number of hydrogen-bond donors (Lipinski definition) is 1. The summed E-state index contributed by atoms with van der Waals surface area (Å²) < 4.78 is 11.2. The van der Waals surface area contributed by atoms with E-state index in [1.807, 2.05) is 0 Å². The van der Waals surface area contributed by atoms with E-state index in [0.717, 1.165) is 12.8 Å². The lowest BCUT2D eigenvalue weighted by atomic mass is 9.79. The van der Waals surface area contributed by atoms with E-state index in [1.54, 1.807) is 7.11 Å². The van der Waals surface area contributed by atoms with Gasteiger partial charge >= 0.3 is 0 Å². The third kappa shape index (κ3) is 3.19. The zero-order valence-corrected chi connectivity index (χ0v) is 10.9. The lowest BCUT2D eigenvalue weighted by Crippen LogP contribution is -2.50. The highest BCUT2D eigenvalue weighted by molar-refractivity contribution is 5.73. The third-order valence-corrected chi connectivity index (χ3v) is 3.49. The first-order valence-corrected chi connectivity index (χ1v) is 5.82. The Kier molecular flexibility index (Phi) is 4.33. The summed E-state index contributed by atoms with van der Waals surface area (Å²) in [6.07, 6.45) is 1.79. The molecule has 16 heavy (non-hydrogen) atoms. The van der Waals surface area contributed by atoms with Crippen molar-refractivity contribution < 1.29 is 14.3 Å². The van der Waals surface area contributed by atoms with E-state index in [2.05, 4.69) is 26.1 Å². The van der Waals surface area contributed by atoms with Crippen molar-refractivity contribution in [2.75, 3.05) is 7.11 Å². The number of nitrogens with one attached hydrogen (secondary N) is 1. The van der Waals surface area contributed by atoms with E-state index < -0.39 is 0 Å². The second-order valence-corrected chi connectivity index (χ2v) is 5.20. The fourth-order valence-electron chi connectivity index (χ4n) is 1.96. The summed E-state index contributed by atoms with van der Waals surface area (Å²) in [6.45, 7) is 7.97. The van der Waals surface area contributed by atoms with Crippen LogP contribution in [0.1, 0.15) is 40.5 Å². The fraction of sp³-hybridized carbons (Fsp3) is 0.917. The molecule has 4 heteroatoms. The number of amides is 1. The molecule has 0 aromatic carbocycles. The summed E-state index contributed by atoms with van der Waals surface area (Å²) in [6, 6.07) is 0. The molecule has 1 aliphatic rings. The van der Waals surface area contributed by atoms with Crippen LogP contribution in [0.25, 0.3) is 0 Å². The van der Waals surface area contributed by atoms with Gasteiger partial charge in [0.15, 0.2) is 6.23 Å². The predicted molar refractivity (Wildman–Crippen MR) is 62.0 cm³/mol. The van der Waals surface area contributed by atoms with Crippen LogP contribution < -0.4 is 5.32 Å². The molecule has 1 aliphatic heterocycles. The minimum atomic E-state index is -0.337. The van der Waals surface area contributed by atoms with Gasteiger partial charge in [-0.05, 0) is 25.2 Å². The van der Waals surface area contributed by atoms with Crippen molar-refractivity contribution in [2.45, 2.75) is 59.0 Å². The topological polar surface area (TPSA) is 47.6 Å². The zero-order valence-electron chi connectivity index (χ0n) is 10.9. The van der Waals surface area contributed by atoms with Crippen LogP contribution in [0, 0.1) is 5.41 Å². The molecule has 1 rings (SSSR count). The van der Waals surface area contributed by atoms with Gasteiger partial charge in [-0.1, -0.05) is 13.8 Å². The van der Waals surface area contributed by atoms with Crippen molar-refractivity contribution >= 4 is 5.91 Å². The van der Waals surface area contributed by atoms with E-state index >= 15 is 0 Å². The number of methoxy groups -OCH3 is 1. The molecule has 4 nitrogen and oxygen atoms in total. The molecule has 0 aromatic heterocycles. The standard InChI is InChI=1S/C12H23NO3/c1-8-12(3,4)7-6-10(16-8)11(15-5)13-9(2)14/h8,10-11H,6-7H2,1-5H3,(H,13,14)/t8?,10-,11-/m0/s1. The Morgan fingerprint density at radius 3 is 2.62 bits per heavy atom. The van der Waals surface area contributed by atoms with Gasteiger partial charge in [0.1, 0.15) is 6.10 Å². The molecule has 0 aliphatic carbocycles. The van der Waals surface area contributed by atoms with E-state index in [1.165, 1.54) is 6.92 Å². The fourth-order valence-corrected chi connectivity index (χ4v) is 1.96. The van der Waals surface area contributed by atoms with Gasteiger partial charge in [0.2, 0.25) is 5.91 Å². The van der Waals surface area contributed by atoms with Gasteiger partial charge in [-0.25, -0.2) is 0 Å². The van der Waals surface area contributed by atoms with Crippen LogP contribution in [0.5, 0.6) is 0 Å². The van der Waals surface area contributed by atoms with E-state index in [9.17, 15) is 4.79 Å². The summed E-state index contributed by atoms with van der Waals surface area (Å²) in [7, 11) is 1.59. The van der Waals surface area contributed by atoms with Crippen LogP contribution in [0.15, 0.2) is 0 Å². The van der Waals surface area contributed by atoms with Gasteiger partial charge in [0, 0.05) is 14.0 Å². The highest BCUT2D eigenvalue weighted by Crippen LogP contribution is 2.36. The quantitative estimate of drug-likeness (QED) is 0.749. The lowest BCUT2D eigenvalue weighted by Gasteiger charge is -2.42. The third-order valence-electron chi connectivity index (χ3n) is 3.49. The van der Waals surface area contributed by atoms with Gasteiger partial charge in [-0.15, -0.1) is 0 Å². The van der Waals surface area contributed by atoms with Crippen LogP contribution in [0.2, 0.25) is 0 Å². The largest absolute Gasteiger partial charge is 0.370 e. The summed E-state index contributed by atoms with van der Waals surface area (Å²) in [4.78, 5) is 11.0. The monoisotopic (exact) mass is 229 g/mol. The highest BCUT2D eigenvalue weighted by atomic mass is 16.6. The predicted octanol–water partition coefficient (Wildman–Crippen LogP) is 1.69. The first-order valence-electron chi connectivity index (χ1n) is 5.82. The Balaban J connectivity index is 2.58. The lowest BCUT2D eigenvalue weighted by molar-refractivity contribution is -0.164. The summed E-state index contributed by atoms with van der Waals surface area (Å²) in [5.41, 5.74) is 0.199. The maximum absolute atomic E-state index is 11.0. The van der Waals surface area contributed by atoms with Crippen molar-refractivity contribution in [2.24, 2.45) is 5.41 Å². The van der Waals surface area contributed by atoms with Crippen LogP contribution in [0.4, 0.5) is 0 Å². The second kappa shape index (κ2) is 5.15. The Labute approximate surface area is 97.7 Å². The van der Waals surface area contributed by atoms with Crippen LogP contribution in [-0.4, -0.2) is 31.5 Å². The SMILES string of the molecule is CO[C@H](NC(C)=O)[C@@H]1CCC(C)(C)C(C)O1. The van der Waals surface area contributed by atoms with Gasteiger partial charge in [-0.2, -0.15) is 0 Å². The Morgan fingerprint density at radius 2 is 2.19 bits per heavy atom. The minimum absolute atomic E-state index is 0.0445. The molecule has 1 heterocycles. The highest BCUT2D eigenvalue weighted by Gasteiger charge is 2.37. The van der Waals surface area contributed by atoms with Crippen molar-refractivity contribution in [3.63, 3.8) is 0 Å². The van der Waals surface area contributed by atoms with E-state index in [0.29, 0.717) is 0 Å². The average molecular weight is 229 g/mol. The number of rotatable bonds is 3.